The number of fused-ring (bicyclic) bond motifs is 1. The third-order valence-corrected chi connectivity index (χ3v) is 4.12. The smallest absolute Gasteiger partial charge is 0.188 e. The lowest BCUT2D eigenvalue weighted by atomic mass is 9.86. The van der Waals surface area contributed by atoms with Gasteiger partial charge in [0.1, 0.15) is 0 Å². The van der Waals surface area contributed by atoms with Gasteiger partial charge in [-0.15, -0.1) is 24.0 Å². The maximum atomic E-state index is 5.88. The first-order valence-corrected chi connectivity index (χ1v) is 7.42. The minimum atomic E-state index is 0. The molecule has 1 aliphatic carbocycles. The molecule has 1 heterocycles. The fourth-order valence-electron chi connectivity index (χ4n) is 2.62. The Hall–Kier alpha value is -1.24. The summed E-state index contributed by atoms with van der Waals surface area (Å²) in [6.45, 7) is 1.70. The van der Waals surface area contributed by atoms with Crippen LogP contribution < -0.4 is 11.1 Å². The summed E-state index contributed by atoms with van der Waals surface area (Å²) in [5.74, 6) is 1.35. The number of nitrogens with zero attached hydrogens (tertiary/aromatic N) is 1. The van der Waals surface area contributed by atoms with Crippen LogP contribution in [0.5, 0.6) is 0 Å². The Morgan fingerprint density at radius 1 is 1.33 bits per heavy atom. The van der Waals surface area contributed by atoms with Crippen molar-refractivity contribution >= 4 is 40.8 Å². The Morgan fingerprint density at radius 2 is 2.14 bits per heavy atom. The predicted octanol–water partition coefficient (Wildman–Crippen LogP) is 3.03. The molecule has 5 heteroatoms. The van der Waals surface area contributed by atoms with Crippen LogP contribution in [-0.4, -0.2) is 24.0 Å². The standard InChI is InChI=1S/C16H22N4.HI/c17-16(20-10-12-4-3-5-12)18-9-8-13-11-19-15-7-2-1-6-14(13)15;/h1-2,6-7,11-12,19H,3-5,8-10H2,(H3,17,18,20);1H. The molecule has 4 nitrogen and oxygen atoms in total. The van der Waals surface area contributed by atoms with E-state index in [0.717, 1.165) is 25.4 Å². The van der Waals surface area contributed by atoms with Gasteiger partial charge in [0.2, 0.25) is 0 Å². The summed E-state index contributed by atoms with van der Waals surface area (Å²) < 4.78 is 0. The van der Waals surface area contributed by atoms with Crippen LogP contribution in [0.2, 0.25) is 0 Å². The average molecular weight is 398 g/mol. The van der Waals surface area contributed by atoms with Gasteiger partial charge in [-0.05, 0) is 36.8 Å². The van der Waals surface area contributed by atoms with Crippen molar-refractivity contribution in [3.8, 4) is 0 Å². The molecule has 1 aromatic carbocycles. The van der Waals surface area contributed by atoms with E-state index in [0.29, 0.717) is 5.96 Å². The molecule has 4 N–H and O–H groups in total. The van der Waals surface area contributed by atoms with E-state index >= 15 is 0 Å². The maximum absolute atomic E-state index is 5.88. The number of guanidine groups is 1. The summed E-state index contributed by atoms with van der Waals surface area (Å²) in [7, 11) is 0. The Kier molecular flexibility index (Phi) is 5.90. The molecule has 114 valence electrons. The molecule has 3 rings (SSSR count). The summed E-state index contributed by atoms with van der Waals surface area (Å²) in [6, 6.07) is 8.36. The van der Waals surface area contributed by atoms with E-state index in [4.69, 9.17) is 5.73 Å². The molecule has 1 fully saturated rings. The van der Waals surface area contributed by atoms with Crippen molar-refractivity contribution in [2.45, 2.75) is 25.7 Å². The highest BCUT2D eigenvalue weighted by atomic mass is 127. The molecule has 0 bridgehead atoms. The van der Waals surface area contributed by atoms with Gasteiger partial charge in [-0.3, -0.25) is 4.99 Å². The van der Waals surface area contributed by atoms with E-state index in [1.165, 1.54) is 35.7 Å². The second-order valence-electron chi connectivity index (χ2n) is 5.56. The number of para-hydroxylation sites is 1. The number of rotatable bonds is 5. The molecule has 1 aliphatic rings. The first-order valence-electron chi connectivity index (χ1n) is 7.42. The number of nitrogens with two attached hydrogens (primary N) is 1. The zero-order valence-electron chi connectivity index (χ0n) is 12.1. The van der Waals surface area contributed by atoms with Gasteiger partial charge in [0, 0.05) is 30.2 Å². The molecule has 2 aromatic rings. The molecule has 1 aromatic heterocycles. The molecule has 0 unspecified atom stereocenters. The SMILES string of the molecule is I.NC(=NCC1CCC1)NCCc1c[nH]c2ccccc12. The third kappa shape index (κ3) is 4.12. The van der Waals surface area contributed by atoms with Crippen LogP contribution in [-0.2, 0) is 6.42 Å². The van der Waals surface area contributed by atoms with Crippen LogP contribution in [0, 0.1) is 5.92 Å². The fourth-order valence-corrected chi connectivity index (χ4v) is 2.62. The fraction of sp³-hybridized carbons (Fsp3) is 0.438. The number of aromatic amines is 1. The minimum Gasteiger partial charge on any atom is -0.370 e. The Labute approximate surface area is 142 Å². The predicted molar refractivity (Wildman–Crippen MR) is 99.3 cm³/mol. The van der Waals surface area contributed by atoms with Crippen molar-refractivity contribution in [3.05, 3.63) is 36.0 Å². The van der Waals surface area contributed by atoms with E-state index in [-0.39, 0.29) is 24.0 Å². The van der Waals surface area contributed by atoms with Gasteiger partial charge in [0.15, 0.2) is 5.96 Å². The Morgan fingerprint density at radius 3 is 2.90 bits per heavy atom. The van der Waals surface area contributed by atoms with Gasteiger partial charge in [-0.2, -0.15) is 0 Å². The van der Waals surface area contributed by atoms with Crippen LogP contribution >= 0.6 is 24.0 Å². The first-order chi connectivity index (χ1) is 9.83. The number of aromatic nitrogens is 1. The maximum Gasteiger partial charge on any atom is 0.188 e. The minimum absolute atomic E-state index is 0. The summed E-state index contributed by atoms with van der Waals surface area (Å²) in [5, 5.41) is 4.49. The highest BCUT2D eigenvalue weighted by molar-refractivity contribution is 14.0. The average Bonchev–Trinajstić information content (AvgIpc) is 2.81. The molecule has 0 amide bonds. The lowest BCUT2D eigenvalue weighted by Gasteiger charge is -2.23. The van der Waals surface area contributed by atoms with Gasteiger partial charge in [-0.25, -0.2) is 0 Å². The van der Waals surface area contributed by atoms with Crippen molar-refractivity contribution in [2.24, 2.45) is 16.6 Å². The number of halogens is 1. The van der Waals surface area contributed by atoms with Crippen LogP contribution in [0.4, 0.5) is 0 Å². The van der Waals surface area contributed by atoms with Crippen LogP contribution in [0.25, 0.3) is 10.9 Å². The van der Waals surface area contributed by atoms with Gasteiger partial charge >= 0.3 is 0 Å². The molecular formula is C16H23IN4. The van der Waals surface area contributed by atoms with Crippen molar-refractivity contribution in [3.63, 3.8) is 0 Å². The molecule has 0 atom stereocenters. The number of H-pyrrole nitrogens is 1. The first kappa shape index (κ1) is 16.1. The number of hydrogen-bond acceptors (Lipinski definition) is 1. The van der Waals surface area contributed by atoms with Gasteiger partial charge in [0.05, 0.1) is 0 Å². The number of aliphatic imine (C=N–C) groups is 1. The highest BCUT2D eigenvalue weighted by Crippen LogP contribution is 2.26. The zero-order chi connectivity index (χ0) is 13.8. The third-order valence-electron chi connectivity index (χ3n) is 4.12. The number of hydrogen-bond donors (Lipinski definition) is 3. The van der Waals surface area contributed by atoms with E-state index in [2.05, 4.69) is 39.7 Å². The quantitative estimate of drug-likeness (QED) is 0.412. The van der Waals surface area contributed by atoms with Gasteiger partial charge in [-0.1, -0.05) is 24.6 Å². The zero-order valence-corrected chi connectivity index (χ0v) is 14.5. The topological polar surface area (TPSA) is 66.2 Å². The number of nitrogens with one attached hydrogen (secondary N) is 2. The van der Waals surface area contributed by atoms with Crippen molar-refractivity contribution in [2.75, 3.05) is 13.1 Å². The lowest BCUT2D eigenvalue weighted by Crippen LogP contribution is -2.34. The summed E-state index contributed by atoms with van der Waals surface area (Å²) >= 11 is 0. The molecular weight excluding hydrogens is 375 g/mol. The highest BCUT2D eigenvalue weighted by Gasteiger charge is 2.16. The summed E-state index contributed by atoms with van der Waals surface area (Å²) in [6.07, 6.45) is 7.00. The molecule has 0 spiro atoms. The Bertz CT molecular complexity index is 601. The van der Waals surface area contributed by atoms with Crippen molar-refractivity contribution in [1.29, 1.82) is 0 Å². The van der Waals surface area contributed by atoms with E-state index < -0.39 is 0 Å². The second kappa shape index (κ2) is 7.68. The molecule has 1 saturated carbocycles. The normalized spacial score (nSPS) is 15.5. The van der Waals surface area contributed by atoms with Gasteiger partial charge < -0.3 is 16.0 Å². The van der Waals surface area contributed by atoms with Crippen molar-refractivity contribution in [1.82, 2.24) is 10.3 Å². The summed E-state index contributed by atoms with van der Waals surface area (Å²) in [5.41, 5.74) is 8.39. The molecule has 0 aliphatic heterocycles. The lowest BCUT2D eigenvalue weighted by molar-refractivity contribution is 0.326. The largest absolute Gasteiger partial charge is 0.370 e. The van der Waals surface area contributed by atoms with E-state index in [1.807, 2.05) is 6.07 Å². The van der Waals surface area contributed by atoms with Crippen LogP contribution in [0.1, 0.15) is 24.8 Å². The monoisotopic (exact) mass is 398 g/mol. The molecule has 0 saturated heterocycles. The van der Waals surface area contributed by atoms with Gasteiger partial charge in [0.25, 0.3) is 0 Å². The van der Waals surface area contributed by atoms with E-state index in [1.54, 1.807) is 0 Å². The summed E-state index contributed by atoms with van der Waals surface area (Å²) in [4.78, 5) is 7.70. The van der Waals surface area contributed by atoms with Crippen molar-refractivity contribution < 1.29 is 0 Å². The second-order valence-corrected chi connectivity index (χ2v) is 5.56. The molecule has 21 heavy (non-hydrogen) atoms. The van der Waals surface area contributed by atoms with E-state index in [9.17, 15) is 0 Å². The Balaban J connectivity index is 0.00000161. The molecule has 0 radical (unpaired) electrons. The number of benzene rings is 1. The van der Waals surface area contributed by atoms with Crippen LogP contribution in [0.3, 0.4) is 0 Å². The van der Waals surface area contributed by atoms with Crippen LogP contribution in [0.15, 0.2) is 35.5 Å².